The fourth-order valence-electron chi connectivity index (χ4n) is 1.73. The van der Waals surface area contributed by atoms with Crippen molar-refractivity contribution in [3.05, 3.63) is 41.6 Å². The molecule has 2 nitrogen and oxygen atoms in total. The highest BCUT2D eigenvalue weighted by molar-refractivity contribution is 5.88. The summed E-state index contributed by atoms with van der Waals surface area (Å²) in [6.07, 6.45) is 3.88. The van der Waals surface area contributed by atoms with Crippen LogP contribution in [-0.4, -0.2) is 11.3 Å². The third-order valence-electron chi connectivity index (χ3n) is 2.74. The van der Waals surface area contributed by atoms with E-state index in [0.29, 0.717) is 11.3 Å². The minimum absolute atomic E-state index is 0.567. The number of hydrogen-bond acceptors (Lipinski definition) is 2. The Morgan fingerprint density at radius 1 is 1.33 bits per heavy atom. The molecule has 1 aromatic heterocycles. The zero-order chi connectivity index (χ0) is 12.8. The van der Waals surface area contributed by atoms with Gasteiger partial charge in [0.25, 0.3) is 0 Å². The largest absolute Gasteiger partial charge is 0.298 e. The summed E-state index contributed by atoms with van der Waals surface area (Å²) in [6.45, 7) is 2.13. The van der Waals surface area contributed by atoms with Crippen molar-refractivity contribution in [2.24, 2.45) is 0 Å². The number of aromatic nitrogens is 1. The Morgan fingerprint density at radius 2 is 2.17 bits per heavy atom. The zero-order valence-electron chi connectivity index (χ0n) is 10.4. The Labute approximate surface area is 107 Å². The van der Waals surface area contributed by atoms with E-state index in [1.807, 2.05) is 30.3 Å². The first-order chi connectivity index (χ1) is 8.85. The quantitative estimate of drug-likeness (QED) is 0.464. The molecule has 0 bridgehead atoms. The average Bonchev–Trinajstić information content (AvgIpc) is 2.42. The van der Waals surface area contributed by atoms with Crippen LogP contribution in [0.3, 0.4) is 0 Å². The Morgan fingerprint density at radius 3 is 2.94 bits per heavy atom. The van der Waals surface area contributed by atoms with Crippen LogP contribution >= 0.6 is 0 Å². The van der Waals surface area contributed by atoms with Gasteiger partial charge in [0.15, 0.2) is 6.29 Å². The van der Waals surface area contributed by atoms with E-state index in [9.17, 15) is 4.79 Å². The number of carbonyl (C=O) groups excluding carboxylic acids is 1. The van der Waals surface area contributed by atoms with Gasteiger partial charge in [-0.2, -0.15) is 0 Å². The molecule has 1 heterocycles. The van der Waals surface area contributed by atoms with Gasteiger partial charge in [-0.25, -0.2) is 4.98 Å². The van der Waals surface area contributed by atoms with E-state index in [-0.39, 0.29) is 0 Å². The van der Waals surface area contributed by atoms with Gasteiger partial charge in [0.1, 0.15) is 5.69 Å². The lowest BCUT2D eigenvalue weighted by Gasteiger charge is -2.00. The molecular weight excluding hydrogens is 222 g/mol. The van der Waals surface area contributed by atoms with Crippen LogP contribution in [0.4, 0.5) is 0 Å². The minimum Gasteiger partial charge on any atom is -0.298 e. The van der Waals surface area contributed by atoms with Crippen molar-refractivity contribution in [2.45, 2.75) is 26.2 Å². The molecule has 0 spiro atoms. The lowest BCUT2D eigenvalue weighted by Crippen LogP contribution is -1.93. The summed E-state index contributed by atoms with van der Waals surface area (Å²) in [5.74, 6) is 6.07. The number of benzene rings is 1. The molecule has 0 aliphatic heterocycles. The molecule has 90 valence electrons. The van der Waals surface area contributed by atoms with Crippen LogP contribution in [0.25, 0.3) is 10.9 Å². The number of pyridine rings is 1. The van der Waals surface area contributed by atoms with E-state index < -0.39 is 0 Å². The highest BCUT2D eigenvalue weighted by atomic mass is 16.1. The molecule has 0 saturated carbocycles. The van der Waals surface area contributed by atoms with Crippen molar-refractivity contribution in [1.82, 2.24) is 4.98 Å². The number of unbranched alkanes of at least 4 members (excludes halogenated alkanes) is 2. The smallest absolute Gasteiger partial charge is 0.152 e. The number of para-hydroxylation sites is 1. The molecule has 0 amide bonds. The lowest BCUT2D eigenvalue weighted by molar-refractivity contribution is 0.112. The maximum Gasteiger partial charge on any atom is 0.152 e. The van der Waals surface area contributed by atoms with Crippen LogP contribution in [0, 0.1) is 11.8 Å². The van der Waals surface area contributed by atoms with Crippen molar-refractivity contribution < 1.29 is 4.79 Å². The first kappa shape index (κ1) is 12.3. The molecule has 2 heteroatoms. The molecule has 0 aliphatic rings. The molecule has 0 atom stereocenters. The van der Waals surface area contributed by atoms with E-state index in [1.165, 1.54) is 0 Å². The predicted molar refractivity (Wildman–Crippen MR) is 73.5 cm³/mol. The maximum atomic E-state index is 11.1. The number of aldehydes is 1. The highest BCUT2D eigenvalue weighted by Crippen LogP contribution is 2.14. The third kappa shape index (κ3) is 2.75. The van der Waals surface area contributed by atoms with Gasteiger partial charge in [-0.15, -0.1) is 0 Å². The van der Waals surface area contributed by atoms with Crippen LogP contribution in [-0.2, 0) is 0 Å². The number of carbonyl (C=O) groups is 1. The van der Waals surface area contributed by atoms with Gasteiger partial charge in [0.05, 0.1) is 5.52 Å². The van der Waals surface area contributed by atoms with Crippen LogP contribution < -0.4 is 0 Å². The molecule has 1 aromatic carbocycles. The van der Waals surface area contributed by atoms with Crippen molar-refractivity contribution in [3.8, 4) is 11.8 Å². The first-order valence-electron chi connectivity index (χ1n) is 6.19. The van der Waals surface area contributed by atoms with Gasteiger partial charge in [0, 0.05) is 17.4 Å². The van der Waals surface area contributed by atoms with Crippen molar-refractivity contribution in [1.29, 1.82) is 0 Å². The van der Waals surface area contributed by atoms with Crippen LogP contribution in [0.2, 0.25) is 0 Å². The van der Waals surface area contributed by atoms with E-state index in [0.717, 1.165) is 36.5 Å². The summed E-state index contributed by atoms with van der Waals surface area (Å²) in [5.41, 5.74) is 2.03. The highest BCUT2D eigenvalue weighted by Gasteiger charge is 2.03. The molecule has 0 saturated heterocycles. The molecule has 18 heavy (non-hydrogen) atoms. The summed E-state index contributed by atoms with van der Waals surface area (Å²) in [5, 5.41) is 0.971. The second-order valence-corrected chi connectivity index (χ2v) is 4.14. The summed E-state index contributed by atoms with van der Waals surface area (Å²) < 4.78 is 0. The fourth-order valence-corrected chi connectivity index (χ4v) is 1.73. The maximum absolute atomic E-state index is 11.1. The molecule has 0 radical (unpaired) electrons. The van der Waals surface area contributed by atoms with Gasteiger partial charge in [-0.1, -0.05) is 37.5 Å². The molecule has 0 unspecified atom stereocenters. The van der Waals surface area contributed by atoms with Gasteiger partial charge in [0.2, 0.25) is 0 Å². The van der Waals surface area contributed by atoms with Gasteiger partial charge < -0.3 is 0 Å². The summed E-state index contributed by atoms with van der Waals surface area (Å²) in [6, 6.07) is 9.60. The molecule has 2 aromatic rings. The monoisotopic (exact) mass is 237 g/mol. The van der Waals surface area contributed by atoms with Crippen LogP contribution in [0.1, 0.15) is 42.2 Å². The second-order valence-electron chi connectivity index (χ2n) is 4.14. The topological polar surface area (TPSA) is 30.0 Å². The predicted octanol–water partition coefficient (Wildman–Crippen LogP) is 3.59. The Balaban J connectivity index is 2.41. The summed E-state index contributed by atoms with van der Waals surface area (Å²) >= 11 is 0. The van der Waals surface area contributed by atoms with E-state index in [2.05, 4.69) is 23.7 Å². The second kappa shape index (κ2) is 5.97. The number of hydrogen-bond donors (Lipinski definition) is 0. The number of rotatable bonds is 3. The zero-order valence-corrected chi connectivity index (χ0v) is 10.4. The van der Waals surface area contributed by atoms with Crippen LogP contribution in [0.15, 0.2) is 30.3 Å². The number of nitrogens with zero attached hydrogens (tertiary/aromatic N) is 1. The van der Waals surface area contributed by atoms with E-state index >= 15 is 0 Å². The Bertz CT molecular complexity index is 620. The molecular formula is C16H15NO. The van der Waals surface area contributed by atoms with Gasteiger partial charge in [-0.3, -0.25) is 4.79 Å². The van der Waals surface area contributed by atoms with Crippen molar-refractivity contribution in [3.63, 3.8) is 0 Å². The average molecular weight is 237 g/mol. The lowest BCUT2D eigenvalue weighted by atomic mass is 10.1. The molecule has 2 rings (SSSR count). The summed E-state index contributed by atoms with van der Waals surface area (Å²) in [4.78, 5) is 15.5. The molecule has 0 fully saturated rings. The third-order valence-corrected chi connectivity index (χ3v) is 2.74. The Hall–Kier alpha value is -2.14. The van der Waals surface area contributed by atoms with Gasteiger partial charge >= 0.3 is 0 Å². The SMILES string of the molecule is CCCCC#Cc1nc2ccccc2cc1C=O. The van der Waals surface area contributed by atoms with Crippen molar-refractivity contribution in [2.75, 3.05) is 0 Å². The fraction of sp³-hybridized carbons (Fsp3) is 0.250. The Kier molecular flexibility index (Phi) is 4.09. The minimum atomic E-state index is 0.567. The van der Waals surface area contributed by atoms with Crippen LogP contribution in [0.5, 0.6) is 0 Å². The number of fused-ring (bicyclic) bond motifs is 1. The molecule has 0 aliphatic carbocycles. The van der Waals surface area contributed by atoms with E-state index in [4.69, 9.17) is 0 Å². The normalized spacial score (nSPS) is 9.83. The van der Waals surface area contributed by atoms with E-state index in [1.54, 1.807) is 0 Å². The van der Waals surface area contributed by atoms with Crippen molar-refractivity contribution >= 4 is 17.2 Å². The summed E-state index contributed by atoms with van der Waals surface area (Å²) in [7, 11) is 0. The first-order valence-corrected chi connectivity index (χ1v) is 6.19. The molecule has 0 N–H and O–H groups in total. The van der Waals surface area contributed by atoms with Gasteiger partial charge in [-0.05, 0) is 24.5 Å². The standard InChI is InChI=1S/C16H15NO/c1-2-3-4-5-9-16-14(12-18)11-13-8-6-7-10-15(13)17-16/h6-8,10-12H,2-4H2,1H3.